The van der Waals surface area contributed by atoms with Gasteiger partial charge in [-0.05, 0) is 26.7 Å². The molecule has 0 aliphatic carbocycles. The van der Waals surface area contributed by atoms with Crippen LogP contribution < -0.4 is 0 Å². The highest BCUT2D eigenvalue weighted by atomic mass is 16.5. The standard InChI is InChI=1S/C11H18O2/c1-10(2)5-4-6-11(3)7-8-13-9-12/h5,9H,3-4,6-8H2,1-2H3. The van der Waals surface area contributed by atoms with Crippen molar-refractivity contribution in [3.05, 3.63) is 23.8 Å². The van der Waals surface area contributed by atoms with Gasteiger partial charge in [-0.2, -0.15) is 0 Å². The van der Waals surface area contributed by atoms with E-state index in [2.05, 4.69) is 31.2 Å². The highest BCUT2D eigenvalue weighted by Crippen LogP contribution is 2.08. The molecule has 0 aliphatic rings. The first-order valence-corrected chi connectivity index (χ1v) is 4.52. The van der Waals surface area contributed by atoms with E-state index in [1.807, 2.05) is 0 Å². The van der Waals surface area contributed by atoms with Crippen LogP contribution in [0.1, 0.15) is 33.1 Å². The SMILES string of the molecule is C=C(CCC=C(C)C)CCOC=O. The average Bonchev–Trinajstić information content (AvgIpc) is 2.04. The number of hydrogen-bond donors (Lipinski definition) is 0. The van der Waals surface area contributed by atoms with Gasteiger partial charge in [-0.3, -0.25) is 4.79 Å². The highest BCUT2D eigenvalue weighted by Gasteiger charge is 1.93. The van der Waals surface area contributed by atoms with Crippen LogP contribution in [0.4, 0.5) is 0 Å². The monoisotopic (exact) mass is 182 g/mol. The molecule has 0 saturated carbocycles. The molecule has 0 unspecified atom stereocenters. The van der Waals surface area contributed by atoms with Crippen molar-refractivity contribution in [3.8, 4) is 0 Å². The van der Waals surface area contributed by atoms with Crippen molar-refractivity contribution in [2.75, 3.05) is 6.61 Å². The van der Waals surface area contributed by atoms with Crippen molar-refractivity contribution in [2.45, 2.75) is 33.1 Å². The van der Waals surface area contributed by atoms with Gasteiger partial charge in [0.1, 0.15) is 0 Å². The molecule has 0 aliphatic heterocycles. The lowest BCUT2D eigenvalue weighted by Crippen LogP contribution is -1.93. The van der Waals surface area contributed by atoms with Gasteiger partial charge < -0.3 is 4.74 Å². The minimum absolute atomic E-state index is 0.456. The summed E-state index contributed by atoms with van der Waals surface area (Å²) in [6, 6.07) is 0. The molecule has 2 nitrogen and oxygen atoms in total. The lowest BCUT2D eigenvalue weighted by Gasteiger charge is -2.02. The molecule has 74 valence electrons. The molecule has 0 aromatic rings. The molecule has 0 spiro atoms. The number of carbonyl (C=O) groups is 1. The molecule has 0 heterocycles. The summed E-state index contributed by atoms with van der Waals surface area (Å²) >= 11 is 0. The van der Waals surface area contributed by atoms with E-state index >= 15 is 0 Å². The molecule has 0 atom stereocenters. The van der Waals surface area contributed by atoms with E-state index in [-0.39, 0.29) is 0 Å². The van der Waals surface area contributed by atoms with Crippen LogP contribution in [0.2, 0.25) is 0 Å². The summed E-state index contributed by atoms with van der Waals surface area (Å²) < 4.78 is 4.57. The second-order valence-electron chi connectivity index (χ2n) is 3.29. The van der Waals surface area contributed by atoms with Gasteiger partial charge in [0.25, 0.3) is 6.47 Å². The van der Waals surface area contributed by atoms with Crippen molar-refractivity contribution >= 4 is 6.47 Å². The van der Waals surface area contributed by atoms with Gasteiger partial charge in [-0.1, -0.05) is 23.8 Å². The highest BCUT2D eigenvalue weighted by molar-refractivity contribution is 5.36. The Morgan fingerprint density at radius 3 is 2.62 bits per heavy atom. The third-order valence-electron chi connectivity index (χ3n) is 1.69. The zero-order valence-electron chi connectivity index (χ0n) is 8.51. The van der Waals surface area contributed by atoms with Crippen molar-refractivity contribution in [1.29, 1.82) is 0 Å². The van der Waals surface area contributed by atoms with Crippen LogP contribution in [0.5, 0.6) is 0 Å². The first-order valence-electron chi connectivity index (χ1n) is 4.52. The molecule has 0 saturated heterocycles. The first-order chi connectivity index (χ1) is 6.16. The smallest absolute Gasteiger partial charge is 0.293 e. The van der Waals surface area contributed by atoms with Crippen molar-refractivity contribution in [2.24, 2.45) is 0 Å². The van der Waals surface area contributed by atoms with Crippen molar-refractivity contribution in [1.82, 2.24) is 0 Å². The molecule has 0 bridgehead atoms. The maximum Gasteiger partial charge on any atom is 0.293 e. The van der Waals surface area contributed by atoms with Gasteiger partial charge in [0.05, 0.1) is 6.61 Å². The fourth-order valence-electron chi connectivity index (χ4n) is 0.941. The van der Waals surface area contributed by atoms with E-state index in [1.165, 1.54) is 5.57 Å². The van der Waals surface area contributed by atoms with E-state index in [9.17, 15) is 4.79 Å². The molecule has 0 aromatic heterocycles. The number of ether oxygens (including phenoxy) is 1. The Bertz CT molecular complexity index is 188. The molecule has 13 heavy (non-hydrogen) atoms. The number of rotatable bonds is 7. The topological polar surface area (TPSA) is 26.3 Å². The Hall–Kier alpha value is -1.05. The van der Waals surface area contributed by atoms with Crippen LogP contribution in [-0.2, 0) is 9.53 Å². The Balaban J connectivity index is 3.40. The zero-order chi connectivity index (χ0) is 10.1. The van der Waals surface area contributed by atoms with E-state index in [4.69, 9.17) is 0 Å². The molecule has 0 N–H and O–H groups in total. The maximum absolute atomic E-state index is 9.83. The van der Waals surface area contributed by atoms with Crippen LogP contribution in [0.15, 0.2) is 23.8 Å². The van der Waals surface area contributed by atoms with Crippen LogP contribution in [0.25, 0.3) is 0 Å². The zero-order valence-corrected chi connectivity index (χ0v) is 8.51. The average molecular weight is 182 g/mol. The molecule has 2 heteroatoms. The van der Waals surface area contributed by atoms with E-state index in [0.717, 1.165) is 24.8 Å². The van der Waals surface area contributed by atoms with Crippen LogP contribution in [0, 0.1) is 0 Å². The predicted octanol–water partition coefficient (Wildman–Crippen LogP) is 2.85. The van der Waals surface area contributed by atoms with Crippen molar-refractivity contribution in [3.63, 3.8) is 0 Å². The fraction of sp³-hybridized carbons (Fsp3) is 0.545. The summed E-state index contributed by atoms with van der Waals surface area (Å²) in [6.45, 7) is 8.99. The van der Waals surface area contributed by atoms with E-state index in [0.29, 0.717) is 13.1 Å². The molecule has 0 fully saturated rings. The second-order valence-corrected chi connectivity index (χ2v) is 3.29. The van der Waals surface area contributed by atoms with Gasteiger partial charge in [-0.15, -0.1) is 0 Å². The number of carbonyl (C=O) groups excluding carboxylic acids is 1. The van der Waals surface area contributed by atoms with Gasteiger partial charge >= 0.3 is 0 Å². The first kappa shape index (κ1) is 11.9. The Morgan fingerprint density at radius 2 is 2.08 bits per heavy atom. The second kappa shape index (κ2) is 7.59. The Kier molecular flexibility index (Phi) is 6.98. The van der Waals surface area contributed by atoms with Crippen molar-refractivity contribution < 1.29 is 9.53 Å². The van der Waals surface area contributed by atoms with Crippen LogP contribution in [0.3, 0.4) is 0 Å². The molecular formula is C11H18O2. The summed E-state index contributed by atoms with van der Waals surface area (Å²) in [4.78, 5) is 9.83. The summed E-state index contributed by atoms with van der Waals surface area (Å²) in [5.74, 6) is 0. The number of hydrogen-bond acceptors (Lipinski definition) is 2. The maximum atomic E-state index is 9.83. The summed E-state index contributed by atoms with van der Waals surface area (Å²) in [6.07, 6.45) is 4.97. The quantitative estimate of drug-likeness (QED) is 0.344. The van der Waals surface area contributed by atoms with Gasteiger partial charge in [0, 0.05) is 6.42 Å². The minimum Gasteiger partial charge on any atom is -0.468 e. The van der Waals surface area contributed by atoms with E-state index < -0.39 is 0 Å². The molecule has 0 aromatic carbocycles. The lowest BCUT2D eigenvalue weighted by molar-refractivity contribution is -0.128. The predicted molar refractivity (Wildman–Crippen MR) is 54.4 cm³/mol. The van der Waals surface area contributed by atoms with Crippen LogP contribution in [-0.4, -0.2) is 13.1 Å². The molecule has 0 amide bonds. The van der Waals surface area contributed by atoms with E-state index in [1.54, 1.807) is 0 Å². The minimum atomic E-state index is 0.456. The molecular weight excluding hydrogens is 164 g/mol. The third-order valence-corrected chi connectivity index (χ3v) is 1.69. The normalized spacial score (nSPS) is 9.08. The van der Waals surface area contributed by atoms with Gasteiger partial charge in [0.15, 0.2) is 0 Å². The Morgan fingerprint density at radius 1 is 1.38 bits per heavy atom. The summed E-state index contributed by atoms with van der Waals surface area (Å²) in [5.41, 5.74) is 2.47. The summed E-state index contributed by atoms with van der Waals surface area (Å²) in [5, 5.41) is 0. The number of allylic oxidation sites excluding steroid dienone is 2. The van der Waals surface area contributed by atoms with Crippen LogP contribution >= 0.6 is 0 Å². The fourth-order valence-corrected chi connectivity index (χ4v) is 0.941. The van der Waals surface area contributed by atoms with Gasteiger partial charge in [-0.25, -0.2) is 0 Å². The lowest BCUT2D eigenvalue weighted by atomic mass is 10.1. The third kappa shape index (κ3) is 8.86. The largest absolute Gasteiger partial charge is 0.468 e. The summed E-state index contributed by atoms with van der Waals surface area (Å²) in [7, 11) is 0. The molecule has 0 rings (SSSR count). The Labute approximate surface area is 80.3 Å². The van der Waals surface area contributed by atoms with Gasteiger partial charge in [0.2, 0.25) is 0 Å². The molecule has 0 radical (unpaired) electrons.